The van der Waals surface area contributed by atoms with Crippen LogP contribution in [0.1, 0.15) is 20.8 Å². The summed E-state index contributed by atoms with van der Waals surface area (Å²) in [5.74, 6) is -1.49. The lowest BCUT2D eigenvalue weighted by Crippen LogP contribution is -2.63. The largest absolute Gasteiger partial charge is 0.445 e. The molecule has 45 heavy (non-hydrogen) atoms. The molecule has 0 aliphatic rings. The van der Waals surface area contributed by atoms with E-state index < -0.39 is 31.7 Å². The molecular weight excluding hydrogens is 595 g/mol. The molecule has 0 bridgehead atoms. The lowest BCUT2D eigenvalue weighted by Gasteiger charge is -2.42. The second-order valence-corrected chi connectivity index (χ2v) is 10.7. The molecule has 4 aromatic carbocycles. The highest BCUT2D eigenvalue weighted by Crippen LogP contribution is 2.44. The first-order valence-electron chi connectivity index (χ1n) is 13.7. The molecule has 0 heterocycles. The number of benzene rings is 4. The van der Waals surface area contributed by atoms with E-state index in [1.165, 1.54) is 50.2 Å². The summed E-state index contributed by atoms with van der Waals surface area (Å²) in [6.45, 7) is 11.8. The normalized spacial score (nSPS) is 13.3. The van der Waals surface area contributed by atoms with Gasteiger partial charge in [0.25, 0.3) is 8.46 Å². The van der Waals surface area contributed by atoms with E-state index in [-0.39, 0.29) is 34.1 Å². The van der Waals surface area contributed by atoms with Crippen LogP contribution in [0.2, 0.25) is 0 Å². The quantitative estimate of drug-likeness (QED) is 0.0453. The van der Waals surface area contributed by atoms with Gasteiger partial charge in [0.05, 0.1) is 0 Å². The Balaban J connectivity index is 1.76. The predicted octanol–water partition coefficient (Wildman–Crippen LogP) is 7.93. The minimum atomic E-state index is -2.18. The molecule has 2 atom stereocenters. The number of rotatable bonds is 14. The van der Waals surface area contributed by atoms with Crippen molar-refractivity contribution >= 4 is 20.4 Å². The maximum absolute atomic E-state index is 13.3. The number of carbonyl (C=O) groups is 2. The van der Waals surface area contributed by atoms with Crippen molar-refractivity contribution in [1.29, 1.82) is 0 Å². The molecule has 4 aromatic rings. The van der Waals surface area contributed by atoms with Crippen LogP contribution in [-0.4, -0.2) is 23.3 Å². The highest BCUT2D eigenvalue weighted by atomic mass is 31.1. The molecule has 0 aliphatic heterocycles. The van der Waals surface area contributed by atoms with Crippen LogP contribution in [-0.2, 0) is 14.2 Å². The monoisotopic (exact) mass is 626 g/mol. The van der Waals surface area contributed by atoms with Gasteiger partial charge in [-0.05, 0) is 86.6 Å². The van der Waals surface area contributed by atoms with E-state index >= 15 is 0 Å². The second-order valence-electron chi connectivity index (χ2n) is 9.94. The number of hydrogen-bond acceptors (Lipinski definition) is 9. The number of carbonyl (C=O) groups excluding carboxylic acids is 2. The summed E-state index contributed by atoms with van der Waals surface area (Å²) >= 11 is 0. The Morgan fingerprint density at radius 2 is 0.844 bits per heavy atom. The third-order valence-electron chi connectivity index (χ3n) is 6.08. The summed E-state index contributed by atoms with van der Waals surface area (Å²) in [7, 11) is -0.674. The molecule has 230 valence electrons. The molecule has 0 fully saturated rings. The number of para-hydroxylation sites is 2. The van der Waals surface area contributed by atoms with Gasteiger partial charge in [-0.1, -0.05) is 49.6 Å². The fourth-order valence-electron chi connectivity index (χ4n) is 3.76. The molecule has 9 nitrogen and oxygen atoms in total. The van der Waals surface area contributed by atoms with Gasteiger partial charge in [-0.25, -0.2) is 9.59 Å². The molecule has 4 rings (SSSR count). The first-order chi connectivity index (χ1) is 21.5. The highest BCUT2D eigenvalue weighted by molar-refractivity contribution is 7.25. The van der Waals surface area contributed by atoms with Crippen molar-refractivity contribution in [3.05, 3.63) is 133 Å². The molecule has 0 amide bonds. The van der Waals surface area contributed by atoms with Gasteiger partial charge in [0.15, 0.2) is 0 Å². The average molecular weight is 627 g/mol. The Morgan fingerprint density at radius 3 is 1.20 bits per heavy atom. The van der Waals surface area contributed by atoms with Crippen LogP contribution in [0.25, 0.3) is 0 Å². The summed E-state index contributed by atoms with van der Waals surface area (Å²) in [4.78, 5) is 24.0. The smallest absolute Gasteiger partial charge is 0.412 e. The van der Waals surface area contributed by atoms with Gasteiger partial charge in [0.2, 0.25) is 0 Å². The minimum Gasteiger partial charge on any atom is -0.445 e. The van der Waals surface area contributed by atoms with E-state index in [9.17, 15) is 14.2 Å². The molecule has 2 unspecified atom stereocenters. The van der Waals surface area contributed by atoms with Crippen molar-refractivity contribution in [2.24, 2.45) is 0 Å². The van der Waals surface area contributed by atoms with E-state index in [1.807, 2.05) is 6.07 Å². The van der Waals surface area contributed by atoms with Crippen LogP contribution in [0.4, 0.5) is 0 Å². The molecule has 10 heteroatoms. The summed E-state index contributed by atoms with van der Waals surface area (Å²) < 4.78 is 49.3. The van der Waals surface area contributed by atoms with Crippen LogP contribution >= 0.6 is 8.46 Å². The molecule has 0 N–H and O–H groups in total. The first-order valence-corrected chi connectivity index (χ1v) is 14.5. The Kier molecular flexibility index (Phi) is 10.4. The van der Waals surface area contributed by atoms with Crippen LogP contribution < -0.4 is 28.4 Å². The summed E-state index contributed by atoms with van der Waals surface area (Å²) in [6.07, 6.45) is 0. The Hall–Kier alpha value is -5.40. The van der Waals surface area contributed by atoms with Crippen LogP contribution in [0.15, 0.2) is 133 Å². The van der Waals surface area contributed by atoms with Crippen molar-refractivity contribution in [1.82, 2.24) is 0 Å². The van der Waals surface area contributed by atoms with E-state index in [0.717, 1.165) is 0 Å². The average Bonchev–Trinajstić information content (AvgIpc) is 3.03. The fraction of sp³-hybridized carbons (Fsp3) is 0.143. The predicted molar refractivity (Wildman–Crippen MR) is 168 cm³/mol. The van der Waals surface area contributed by atoms with Gasteiger partial charge < -0.3 is 28.4 Å². The molecule has 0 aliphatic carbocycles. The molecule has 0 saturated carbocycles. The zero-order valence-electron chi connectivity index (χ0n) is 24.9. The van der Waals surface area contributed by atoms with Gasteiger partial charge in [-0.2, -0.15) is 0 Å². The van der Waals surface area contributed by atoms with E-state index in [2.05, 4.69) is 13.2 Å². The minimum absolute atomic E-state index is 0.193. The zero-order valence-corrected chi connectivity index (χ0v) is 25.8. The van der Waals surface area contributed by atoms with Gasteiger partial charge >= 0.3 is 23.3 Å². The SMILES string of the molecule is C=C(C)C(=O)Oc1ccc(OC(C)(Oc2ccccc2)C(Oc2ccccc2)(Oc2ccc(OC(=O)C(=C)C)cc2)P=O)cc1. The summed E-state index contributed by atoms with van der Waals surface area (Å²) in [6, 6.07) is 29.5. The van der Waals surface area contributed by atoms with Crippen molar-refractivity contribution in [3.8, 4) is 34.5 Å². The molecule has 0 spiro atoms. The molecular formula is C35H31O9P. The number of esters is 2. The van der Waals surface area contributed by atoms with Gasteiger partial charge in [0.1, 0.15) is 34.5 Å². The fourth-order valence-corrected chi connectivity index (χ4v) is 4.30. The molecule has 0 radical (unpaired) electrons. The van der Waals surface area contributed by atoms with Crippen LogP contribution in [0.3, 0.4) is 0 Å². The number of ether oxygens (including phenoxy) is 6. The maximum Gasteiger partial charge on any atom is 0.412 e. The Bertz CT molecular complexity index is 1660. The van der Waals surface area contributed by atoms with E-state index in [0.29, 0.717) is 11.5 Å². The van der Waals surface area contributed by atoms with E-state index in [1.54, 1.807) is 73.7 Å². The summed E-state index contributed by atoms with van der Waals surface area (Å²) in [5.41, 5.74) is -1.69. The van der Waals surface area contributed by atoms with Crippen molar-refractivity contribution in [2.45, 2.75) is 32.1 Å². The Labute approximate surface area is 262 Å². The molecule has 0 aromatic heterocycles. The van der Waals surface area contributed by atoms with Gasteiger partial charge in [0, 0.05) is 18.1 Å². The lowest BCUT2D eigenvalue weighted by atomic mass is 10.2. The maximum atomic E-state index is 13.3. The second kappa shape index (κ2) is 14.4. The lowest BCUT2D eigenvalue weighted by molar-refractivity contribution is -0.250. The van der Waals surface area contributed by atoms with Crippen molar-refractivity contribution in [3.63, 3.8) is 0 Å². The van der Waals surface area contributed by atoms with Crippen LogP contribution in [0, 0.1) is 0 Å². The Morgan fingerprint density at radius 1 is 0.533 bits per heavy atom. The summed E-state index contributed by atoms with van der Waals surface area (Å²) in [5, 5.41) is 0. The topological polar surface area (TPSA) is 107 Å². The van der Waals surface area contributed by atoms with Gasteiger partial charge in [-0.3, -0.25) is 4.57 Å². The van der Waals surface area contributed by atoms with Crippen LogP contribution in [0.5, 0.6) is 34.5 Å². The third-order valence-corrected chi connectivity index (χ3v) is 6.91. The molecule has 0 saturated heterocycles. The first kappa shape index (κ1) is 32.5. The standard InChI is InChI=1S/C35H31O9P/c1-24(2)32(36)39-26-16-20-30(21-17-26)42-34(5,41-28-12-8-6-9-13-28)35(45-38,43-29-14-10-7-11-15-29)44-31-22-18-27(19-23-31)40-33(37)25(3)4/h6-23H,1,3H2,2,4-5H3. The van der Waals surface area contributed by atoms with Gasteiger partial charge in [-0.15, -0.1) is 0 Å². The van der Waals surface area contributed by atoms with Crippen molar-refractivity contribution < 1.29 is 42.6 Å². The third kappa shape index (κ3) is 8.37. The van der Waals surface area contributed by atoms with E-state index in [4.69, 9.17) is 28.4 Å². The number of hydrogen-bond donors (Lipinski definition) is 0. The van der Waals surface area contributed by atoms with Crippen molar-refractivity contribution in [2.75, 3.05) is 0 Å². The zero-order chi connectivity index (χ0) is 32.5. The highest BCUT2D eigenvalue weighted by Gasteiger charge is 2.61.